The van der Waals surface area contributed by atoms with E-state index in [1.807, 2.05) is 0 Å². The number of halogens is 2. The largest absolute Gasteiger partial charge is 0.328 e. The summed E-state index contributed by atoms with van der Waals surface area (Å²) in [5, 5.41) is 0. The van der Waals surface area contributed by atoms with E-state index in [4.69, 9.17) is 11.6 Å². The third kappa shape index (κ3) is 4.82. The maximum absolute atomic E-state index is 5.67. The molecule has 0 radical (unpaired) electrons. The van der Waals surface area contributed by atoms with E-state index in [0.29, 0.717) is 6.04 Å². The zero-order chi connectivity index (χ0) is 6.69. The highest BCUT2D eigenvalue weighted by atomic mass is 35.5. The highest BCUT2D eigenvalue weighted by Gasteiger charge is 2.18. The van der Waals surface area contributed by atoms with Crippen LogP contribution in [0.2, 0.25) is 0 Å². The van der Waals surface area contributed by atoms with Crippen LogP contribution >= 0.6 is 24.8 Å². The van der Waals surface area contributed by atoms with Crippen LogP contribution in [0.25, 0.3) is 0 Å². The van der Waals surface area contributed by atoms with E-state index < -0.39 is 0 Å². The van der Waals surface area contributed by atoms with Gasteiger partial charge in [-0.2, -0.15) is 0 Å². The molecule has 70 valence electrons. The minimum absolute atomic E-state index is 0. The van der Waals surface area contributed by atoms with E-state index in [-0.39, 0.29) is 30.9 Å². The van der Waals surface area contributed by atoms with Gasteiger partial charge in [-0.15, -0.1) is 24.8 Å². The molecule has 4 N–H and O–H groups in total. The van der Waals surface area contributed by atoms with Crippen molar-refractivity contribution in [2.45, 2.75) is 37.8 Å². The summed E-state index contributed by atoms with van der Waals surface area (Å²) in [6, 6.07) is 0.312. The van der Waals surface area contributed by atoms with Crippen LogP contribution in [0.1, 0.15) is 25.7 Å². The molecule has 5 heteroatoms. The second-order valence-electron chi connectivity index (χ2n) is 2.68. The molecule has 0 unspecified atom stereocenters. The van der Waals surface area contributed by atoms with Gasteiger partial charge in [-0.3, -0.25) is 0 Å². The Labute approximate surface area is 79.6 Å². The standard InChI is InChI=1S/C6H14N2O.2ClH/c7-5-2-1-3-6(4-5)9-8;;/h5-6H,1-4,7-8H2;2*1H/t5-,6-;;/m1../s1. The van der Waals surface area contributed by atoms with Crippen LogP contribution in [-0.2, 0) is 4.84 Å². The summed E-state index contributed by atoms with van der Waals surface area (Å²) in [7, 11) is 0. The Hall–Kier alpha value is 0.460. The Balaban J connectivity index is 0. The van der Waals surface area contributed by atoms with Crippen LogP contribution in [0, 0.1) is 0 Å². The normalized spacial score (nSPS) is 30.0. The Kier molecular flexibility index (Phi) is 9.08. The third-order valence-corrected chi connectivity index (χ3v) is 1.86. The molecule has 0 aromatic rings. The van der Waals surface area contributed by atoms with Crippen LogP contribution in [0.4, 0.5) is 0 Å². The molecule has 1 aliphatic rings. The van der Waals surface area contributed by atoms with Gasteiger partial charge in [0.1, 0.15) is 0 Å². The molecule has 1 saturated carbocycles. The van der Waals surface area contributed by atoms with Crippen molar-refractivity contribution >= 4 is 24.8 Å². The van der Waals surface area contributed by atoms with Gasteiger partial charge in [0, 0.05) is 6.04 Å². The van der Waals surface area contributed by atoms with Crippen molar-refractivity contribution < 1.29 is 4.84 Å². The van der Waals surface area contributed by atoms with E-state index in [1.165, 1.54) is 0 Å². The molecule has 0 amide bonds. The predicted molar refractivity (Wildman–Crippen MR) is 50.0 cm³/mol. The minimum Gasteiger partial charge on any atom is -0.328 e. The summed E-state index contributed by atoms with van der Waals surface area (Å²) in [4.78, 5) is 4.68. The van der Waals surface area contributed by atoms with Gasteiger partial charge in [-0.25, -0.2) is 5.90 Å². The molecular formula is C6H16Cl2N2O. The lowest BCUT2D eigenvalue weighted by molar-refractivity contribution is 0.0229. The van der Waals surface area contributed by atoms with E-state index >= 15 is 0 Å². The highest BCUT2D eigenvalue weighted by Crippen LogP contribution is 2.17. The molecule has 1 fully saturated rings. The number of nitrogens with two attached hydrogens (primary N) is 2. The first-order valence-corrected chi connectivity index (χ1v) is 3.44. The molecule has 0 aromatic heterocycles. The first-order chi connectivity index (χ1) is 4.33. The highest BCUT2D eigenvalue weighted by molar-refractivity contribution is 5.85. The molecular weight excluding hydrogens is 187 g/mol. The maximum atomic E-state index is 5.67. The zero-order valence-electron chi connectivity index (χ0n) is 6.36. The molecule has 0 heterocycles. The molecule has 1 rings (SSSR count). The lowest BCUT2D eigenvalue weighted by atomic mass is 9.94. The van der Waals surface area contributed by atoms with Gasteiger partial charge in [-0.05, 0) is 25.7 Å². The van der Waals surface area contributed by atoms with Crippen molar-refractivity contribution in [3.8, 4) is 0 Å². The monoisotopic (exact) mass is 202 g/mol. The summed E-state index contributed by atoms with van der Waals surface area (Å²) in [6.07, 6.45) is 4.50. The summed E-state index contributed by atoms with van der Waals surface area (Å²) in [6.45, 7) is 0. The molecule has 1 aliphatic carbocycles. The van der Waals surface area contributed by atoms with Crippen LogP contribution in [0.15, 0.2) is 0 Å². The van der Waals surface area contributed by atoms with Crippen LogP contribution in [0.5, 0.6) is 0 Å². The molecule has 11 heavy (non-hydrogen) atoms. The number of hydrogen-bond acceptors (Lipinski definition) is 3. The number of hydrogen-bond donors (Lipinski definition) is 2. The molecule has 0 saturated heterocycles. The molecule has 0 bridgehead atoms. The summed E-state index contributed by atoms with van der Waals surface area (Å²) in [5.41, 5.74) is 5.67. The van der Waals surface area contributed by atoms with Gasteiger partial charge in [0.05, 0.1) is 6.10 Å². The van der Waals surface area contributed by atoms with Crippen molar-refractivity contribution in [1.29, 1.82) is 0 Å². The molecule has 0 aromatic carbocycles. The van der Waals surface area contributed by atoms with Gasteiger partial charge in [0.2, 0.25) is 0 Å². The lowest BCUT2D eigenvalue weighted by Gasteiger charge is -2.24. The summed E-state index contributed by atoms with van der Waals surface area (Å²) >= 11 is 0. The van der Waals surface area contributed by atoms with Gasteiger partial charge in [-0.1, -0.05) is 0 Å². The van der Waals surface area contributed by atoms with Crippen molar-refractivity contribution in [3.63, 3.8) is 0 Å². The first-order valence-electron chi connectivity index (χ1n) is 3.44. The van der Waals surface area contributed by atoms with Crippen molar-refractivity contribution in [1.82, 2.24) is 0 Å². The topological polar surface area (TPSA) is 61.3 Å². The first kappa shape index (κ1) is 14.0. The van der Waals surface area contributed by atoms with Crippen LogP contribution in [0.3, 0.4) is 0 Å². The van der Waals surface area contributed by atoms with Gasteiger partial charge < -0.3 is 10.6 Å². The average Bonchev–Trinajstić information content (AvgIpc) is 1.88. The molecule has 2 atom stereocenters. The average molecular weight is 203 g/mol. The molecule has 0 aliphatic heterocycles. The second-order valence-corrected chi connectivity index (χ2v) is 2.68. The van der Waals surface area contributed by atoms with Crippen molar-refractivity contribution in [3.05, 3.63) is 0 Å². The van der Waals surface area contributed by atoms with Gasteiger partial charge >= 0.3 is 0 Å². The fourth-order valence-electron chi connectivity index (χ4n) is 1.30. The molecule has 0 spiro atoms. The Morgan fingerprint density at radius 1 is 1.18 bits per heavy atom. The van der Waals surface area contributed by atoms with Crippen LogP contribution < -0.4 is 11.6 Å². The fourth-order valence-corrected chi connectivity index (χ4v) is 1.30. The van der Waals surface area contributed by atoms with E-state index in [0.717, 1.165) is 25.7 Å². The Morgan fingerprint density at radius 2 is 1.82 bits per heavy atom. The fraction of sp³-hybridized carbons (Fsp3) is 1.00. The Morgan fingerprint density at radius 3 is 2.18 bits per heavy atom. The van der Waals surface area contributed by atoms with E-state index in [1.54, 1.807) is 0 Å². The van der Waals surface area contributed by atoms with Crippen molar-refractivity contribution in [2.24, 2.45) is 11.6 Å². The van der Waals surface area contributed by atoms with Gasteiger partial charge in [0.15, 0.2) is 0 Å². The SMILES string of the molecule is Cl.Cl.NO[C@@H]1CCC[C@@H](N)C1. The zero-order valence-corrected chi connectivity index (χ0v) is 8.00. The summed E-state index contributed by atoms with van der Waals surface area (Å²) in [5.74, 6) is 5.01. The third-order valence-electron chi connectivity index (χ3n) is 1.86. The second kappa shape index (κ2) is 7.13. The van der Waals surface area contributed by atoms with Gasteiger partial charge in [0.25, 0.3) is 0 Å². The quantitative estimate of drug-likeness (QED) is 0.624. The molecule has 3 nitrogen and oxygen atoms in total. The predicted octanol–water partition coefficient (Wildman–Crippen LogP) is 0.990. The lowest BCUT2D eigenvalue weighted by Crippen LogP contribution is -2.33. The van der Waals surface area contributed by atoms with Crippen molar-refractivity contribution in [2.75, 3.05) is 0 Å². The maximum Gasteiger partial charge on any atom is 0.0802 e. The smallest absolute Gasteiger partial charge is 0.0802 e. The van der Waals surface area contributed by atoms with E-state index in [2.05, 4.69) is 4.84 Å². The number of rotatable bonds is 1. The summed E-state index contributed by atoms with van der Waals surface area (Å²) < 4.78 is 0. The van der Waals surface area contributed by atoms with Crippen LogP contribution in [-0.4, -0.2) is 12.1 Å². The minimum atomic E-state index is 0. The van der Waals surface area contributed by atoms with E-state index in [9.17, 15) is 0 Å². The Bertz CT molecular complexity index is 94.7.